The number of carbonyl (C=O) groups excluding carboxylic acids is 1. The van der Waals surface area contributed by atoms with Crippen molar-refractivity contribution in [2.24, 2.45) is 5.92 Å². The molecule has 1 unspecified atom stereocenters. The molecule has 21 heavy (non-hydrogen) atoms. The molecule has 0 fully saturated rings. The van der Waals surface area contributed by atoms with Gasteiger partial charge < -0.3 is 14.8 Å². The Kier molecular flexibility index (Phi) is 7.27. The second-order valence-electron chi connectivity index (χ2n) is 5.18. The van der Waals surface area contributed by atoms with Gasteiger partial charge in [0.05, 0.1) is 7.11 Å². The lowest BCUT2D eigenvalue weighted by molar-refractivity contribution is -0.143. The molecule has 0 radical (unpaired) electrons. The fourth-order valence-electron chi connectivity index (χ4n) is 1.94. The summed E-state index contributed by atoms with van der Waals surface area (Å²) < 4.78 is 10.0. The van der Waals surface area contributed by atoms with E-state index in [1.807, 2.05) is 30.3 Å². The minimum Gasteiger partial charge on any atom is -0.479 e. The van der Waals surface area contributed by atoms with Crippen LogP contribution in [0.5, 0.6) is 5.75 Å². The van der Waals surface area contributed by atoms with Crippen LogP contribution in [0.4, 0.5) is 0 Å². The van der Waals surface area contributed by atoms with Crippen LogP contribution in [0.25, 0.3) is 0 Å². The number of ether oxygens (including phenoxy) is 2. The van der Waals surface area contributed by atoms with Crippen molar-refractivity contribution in [3.05, 3.63) is 29.8 Å². The highest BCUT2D eigenvalue weighted by atomic mass is 16.5. The molecule has 1 atom stereocenters. The smallest absolute Gasteiger partial charge is 0.322 e. The lowest BCUT2D eigenvalue weighted by Gasteiger charge is -2.18. The number of hydrogen-bond acceptors (Lipinski definition) is 5. The molecule has 0 aliphatic rings. The third-order valence-corrected chi connectivity index (χ3v) is 2.97. The van der Waals surface area contributed by atoms with Crippen molar-refractivity contribution in [3.63, 3.8) is 0 Å². The first-order valence-electron chi connectivity index (χ1n) is 6.96. The van der Waals surface area contributed by atoms with Crippen molar-refractivity contribution in [1.82, 2.24) is 5.32 Å². The summed E-state index contributed by atoms with van der Waals surface area (Å²) in [6.45, 7) is 4.75. The predicted molar refractivity (Wildman–Crippen MR) is 79.6 cm³/mol. The molecule has 0 aromatic heterocycles. The average Bonchev–Trinajstić information content (AvgIpc) is 2.49. The first kappa shape index (κ1) is 17.0. The van der Waals surface area contributed by atoms with Gasteiger partial charge in [-0.3, -0.25) is 4.79 Å². The molecule has 0 bridgehead atoms. The molecule has 0 aliphatic carbocycles. The van der Waals surface area contributed by atoms with Gasteiger partial charge in [0.25, 0.3) is 0 Å². The summed E-state index contributed by atoms with van der Waals surface area (Å²) in [5, 5.41) is 11.7. The standard InChI is InChI=1S/C16H22N2O3/c1-12(2)10-15(16(19)20-3)18-11-13-4-6-14(7-5-13)21-9-8-17/h4-7,12,15,18H,9-11H2,1-3H3. The van der Waals surface area contributed by atoms with Gasteiger partial charge in [0, 0.05) is 6.54 Å². The van der Waals surface area contributed by atoms with Crippen molar-refractivity contribution in [1.29, 1.82) is 5.26 Å². The zero-order valence-electron chi connectivity index (χ0n) is 12.8. The summed E-state index contributed by atoms with van der Waals surface area (Å²) >= 11 is 0. The zero-order chi connectivity index (χ0) is 15.7. The van der Waals surface area contributed by atoms with Crippen molar-refractivity contribution in [2.75, 3.05) is 13.7 Å². The maximum absolute atomic E-state index is 11.7. The second kappa shape index (κ2) is 8.98. The Labute approximate surface area is 125 Å². The summed E-state index contributed by atoms with van der Waals surface area (Å²) in [7, 11) is 1.40. The fourth-order valence-corrected chi connectivity index (χ4v) is 1.94. The maximum atomic E-state index is 11.7. The van der Waals surface area contributed by atoms with Crippen LogP contribution in [0.1, 0.15) is 25.8 Å². The summed E-state index contributed by atoms with van der Waals surface area (Å²) in [6, 6.07) is 9.05. The van der Waals surface area contributed by atoms with Gasteiger partial charge in [0.1, 0.15) is 17.9 Å². The molecule has 0 aliphatic heterocycles. The number of nitrogens with one attached hydrogen (secondary N) is 1. The maximum Gasteiger partial charge on any atom is 0.322 e. The van der Waals surface area contributed by atoms with Crippen molar-refractivity contribution in [3.8, 4) is 11.8 Å². The normalized spacial score (nSPS) is 11.8. The largest absolute Gasteiger partial charge is 0.479 e. The number of methoxy groups -OCH3 is 1. The quantitative estimate of drug-likeness (QED) is 0.744. The molecule has 0 saturated carbocycles. The summed E-state index contributed by atoms with van der Waals surface area (Å²) in [4.78, 5) is 11.7. The van der Waals surface area contributed by atoms with E-state index in [1.54, 1.807) is 0 Å². The number of rotatable bonds is 8. The third kappa shape index (κ3) is 6.28. The monoisotopic (exact) mass is 290 g/mol. The van der Waals surface area contributed by atoms with E-state index in [1.165, 1.54) is 7.11 Å². The SMILES string of the molecule is COC(=O)C(CC(C)C)NCc1ccc(OCC#N)cc1. The molecule has 0 saturated heterocycles. The van der Waals surface area contributed by atoms with Gasteiger partial charge in [0.15, 0.2) is 6.61 Å². The third-order valence-electron chi connectivity index (χ3n) is 2.97. The molecule has 114 valence electrons. The minimum absolute atomic E-state index is 0.0381. The van der Waals surface area contributed by atoms with Crippen LogP contribution in [0.3, 0.4) is 0 Å². The fraction of sp³-hybridized carbons (Fsp3) is 0.500. The van der Waals surface area contributed by atoms with Crippen LogP contribution in [0, 0.1) is 17.2 Å². The topological polar surface area (TPSA) is 71.3 Å². The Balaban J connectivity index is 2.55. The Bertz CT molecular complexity index is 477. The highest BCUT2D eigenvalue weighted by molar-refractivity contribution is 5.75. The summed E-state index contributed by atoms with van der Waals surface area (Å²) in [6.07, 6.45) is 0.732. The molecule has 0 amide bonds. The van der Waals surface area contributed by atoms with Crippen LogP contribution in [0.2, 0.25) is 0 Å². The molecule has 0 heterocycles. The van der Waals surface area contributed by atoms with Crippen molar-refractivity contribution in [2.45, 2.75) is 32.9 Å². The van der Waals surface area contributed by atoms with Gasteiger partial charge in [0.2, 0.25) is 0 Å². The average molecular weight is 290 g/mol. The van der Waals surface area contributed by atoms with E-state index in [2.05, 4.69) is 19.2 Å². The molecular formula is C16H22N2O3. The van der Waals surface area contributed by atoms with Gasteiger partial charge in [-0.2, -0.15) is 5.26 Å². The predicted octanol–water partition coefficient (Wildman–Crippen LogP) is 2.27. The van der Waals surface area contributed by atoms with Gasteiger partial charge in [-0.25, -0.2) is 0 Å². The molecule has 1 rings (SSSR count). The Morgan fingerprint density at radius 2 is 2.00 bits per heavy atom. The van der Waals surface area contributed by atoms with Gasteiger partial charge in [-0.05, 0) is 30.0 Å². The first-order valence-corrected chi connectivity index (χ1v) is 6.96. The van der Waals surface area contributed by atoms with Crippen LogP contribution >= 0.6 is 0 Å². The van der Waals surface area contributed by atoms with Crippen LogP contribution in [0.15, 0.2) is 24.3 Å². The Hall–Kier alpha value is -2.06. The van der Waals surface area contributed by atoms with Crippen molar-refractivity contribution < 1.29 is 14.3 Å². The molecule has 5 heteroatoms. The number of nitrogens with zero attached hydrogens (tertiary/aromatic N) is 1. The minimum atomic E-state index is -0.301. The second-order valence-corrected chi connectivity index (χ2v) is 5.18. The first-order chi connectivity index (χ1) is 10.1. The van der Waals surface area contributed by atoms with E-state index >= 15 is 0 Å². The van der Waals surface area contributed by atoms with Crippen LogP contribution in [-0.2, 0) is 16.1 Å². The highest BCUT2D eigenvalue weighted by Gasteiger charge is 2.19. The van der Waals surface area contributed by atoms with Gasteiger partial charge >= 0.3 is 5.97 Å². The van der Waals surface area contributed by atoms with Gasteiger partial charge in [-0.1, -0.05) is 26.0 Å². The highest BCUT2D eigenvalue weighted by Crippen LogP contribution is 2.13. The number of benzene rings is 1. The number of esters is 1. The number of nitriles is 1. The van der Waals surface area contributed by atoms with E-state index in [4.69, 9.17) is 14.7 Å². The van der Waals surface area contributed by atoms with Crippen LogP contribution < -0.4 is 10.1 Å². The van der Waals surface area contributed by atoms with Crippen LogP contribution in [-0.4, -0.2) is 25.7 Å². The van der Waals surface area contributed by atoms with Gasteiger partial charge in [-0.15, -0.1) is 0 Å². The Morgan fingerprint density at radius 1 is 1.33 bits per heavy atom. The Morgan fingerprint density at radius 3 is 2.52 bits per heavy atom. The van der Waals surface area contributed by atoms with E-state index in [9.17, 15) is 4.79 Å². The lowest BCUT2D eigenvalue weighted by atomic mass is 10.0. The molecule has 1 aromatic rings. The summed E-state index contributed by atoms with van der Waals surface area (Å²) in [5.41, 5.74) is 1.04. The number of carbonyl (C=O) groups is 1. The molecule has 5 nitrogen and oxygen atoms in total. The van der Waals surface area contributed by atoms with E-state index < -0.39 is 0 Å². The lowest BCUT2D eigenvalue weighted by Crippen LogP contribution is -2.38. The van der Waals surface area contributed by atoms with E-state index in [0.717, 1.165) is 12.0 Å². The molecule has 0 spiro atoms. The summed E-state index contributed by atoms with van der Waals surface area (Å²) in [5.74, 6) is 0.827. The van der Waals surface area contributed by atoms with Crippen molar-refractivity contribution >= 4 is 5.97 Å². The molecule has 1 N–H and O–H groups in total. The van der Waals surface area contributed by atoms with E-state index in [-0.39, 0.29) is 18.6 Å². The molecular weight excluding hydrogens is 268 g/mol. The molecule has 1 aromatic carbocycles. The van der Waals surface area contributed by atoms with E-state index in [0.29, 0.717) is 18.2 Å². The zero-order valence-corrected chi connectivity index (χ0v) is 12.8. The number of hydrogen-bond donors (Lipinski definition) is 1.